The Labute approximate surface area is 290 Å². The Bertz CT molecular complexity index is 2060. The Morgan fingerprint density at radius 2 is 1.88 bits per heavy atom. The normalized spacial score (nSPS) is 16.1. The first kappa shape index (κ1) is 34.4. The minimum absolute atomic E-state index is 0.00109. The third-order valence-electron chi connectivity index (χ3n) is 8.97. The second kappa shape index (κ2) is 14.7. The van der Waals surface area contributed by atoms with Crippen molar-refractivity contribution in [2.75, 3.05) is 33.5 Å². The van der Waals surface area contributed by atoms with Crippen molar-refractivity contribution in [2.24, 2.45) is 0 Å². The number of rotatable bonds is 9. The second-order valence-electron chi connectivity index (χ2n) is 12.4. The Hall–Kier alpha value is -5.05. The van der Waals surface area contributed by atoms with Crippen molar-refractivity contribution in [3.05, 3.63) is 100 Å². The summed E-state index contributed by atoms with van der Waals surface area (Å²) < 4.78 is 71.5. The Morgan fingerprint density at radius 1 is 1.02 bits per heavy atom. The third-order valence-corrected chi connectivity index (χ3v) is 8.97. The van der Waals surface area contributed by atoms with Crippen LogP contribution in [0.5, 0.6) is 11.6 Å². The number of imidazole rings is 1. The first-order chi connectivity index (χ1) is 24.7. The Kier molecular flexibility index (Phi) is 9.89. The van der Waals surface area contributed by atoms with Crippen LogP contribution in [-0.2, 0) is 53.0 Å². The molecule has 0 radical (unpaired) electrons. The van der Waals surface area contributed by atoms with E-state index in [0.717, 1.165) is 29.2 Å². The third kappa shape index (κ3) is 7.67. The molecule has 3 aromatic heterocycles. The molecule has 2 aliphatic rings. The van der Waals surface area contributed by atoms with Gasteiger partial charge in [-0.3, -0.25) is 4.98 Å². The van der Waals surface area contributed by atoms with Gasteiger partial charge in [0.15, 0.2) is 0 Å². The number of aromatic carboxylic acids is 1. The quantitative estimate of drug-likeness (QED) is 0.176. The molecule has 266 valence electrons. The van der Waals surface area contributed by atoms with Crippen molar-refractivity contribution >= 4 is 17.0 Å². The van der Waals surface area contributed by atoms with Gasteiger partial charge in [-0.2, -0.15) is 13.2 Å². The number of pyridine rings is 2. The smallest absolute Gasteiger partial charge is 0.433 e. The number of ether oxygens (including phenoxy) is 5. The Balaban J connectivity index is 1.26. The number of fused-ring (bicyclic) bond motifs is 7. The van der Waals surface area contributed by atoms with E-state index in [2.05, 4.69) is 9.97 Å². The molecule has 1 saturated heterocycles. The molecule has 5 aromatic rings. The number of carboxylic acid groups (broad SMARTS) is 1. The van der Waals surface area contributed by atoms with Crippen LogP contribution in [0.3, 0.4) is 0 Å². The van der Waals surface area contributed by atoms with Gasteiger partial charge in [-0.1, -0.05) is 18.2 Å². The predicted molar refractivity (Wildman–Crippen MR) is 178 cm³/mol. The summed E-state index contributed by atoms with van der Waals surface area (Å²) in [5.74, 6) is 0.259. The zero-order valence-corrected chi connectivity index (χ0v) is 27.7. The molecule has 0 spiro atoms. The van der Waals surface area contributed by atoms with Crippen molar-refractivity contribution in [1.29, 1.82) is 0 Å². The van der Waals surface area contributed by atoms with Gasteiger partial charge in [-0.25, -0.2) is 14.8 Å². The van der Waals surface area contributed by atoms with Crippen LogP contribution in [0.4, 0.5) is 13.2 Å². The first-order valence-electron chi connectivity index (χ1n) is 16.5. The first-order valence-corrected chi connectivity index (χ1v) is 16.5. The number of hydrogen-bond donors (Lipinski definition) is 1. The fourth-order valence-corrected chi connectivity index (χ4v) is 6.16. The minimum Gasteiger partial charge on any atom is -0.489 e. The summed E-state index contributed by atoms with van der Waals surface area (Å²) in [7, 11) is 1.56. The van der Waals surface area contributed by atoms with Gasteiger partial charge in [0.25, 0.3) is 0 Å². The van der Waals surface area contributed by atoms with Crippen molar-refractivity contribution in [2.45, 2.75) is 51.3 Å². The van der Waals surface area contributed by atoms with E-state index < -0.39 is 17.8 Å². The number of carboxylic acids is 1. The van der Waals surface area contributed by atoms with E-state index in [1.165, 1.54) is 12.3 Å². The molecule has 11 nitrogen and oxygen atoms in total. The maximum Gasteiger partial charge on any atom is 0.433 e. The van der Waals surface area contributed by atoms with Crippen LogP contribution >= 0.6 is 0 Å². The Morgan fingerprint density at radius 3 is 2.65 bits per heavy atom. The monoisotopic (exact) mass is 704 g/mol. The summed E-state index contributed by atoms with van der Waals surface area (Å²) in [6, 6.07) is 15.4. The SMILES string of the molecule is COCCOc1cc(C(=O)O)cc2c1nc(Cc1ccc3cc1COCCc1cc(C(F)(F)F)ncc1COc1cccc-3n1)n2CC1CCO1. The van der Waals surface area contributed by atoms with Crippen molar-refractivity contribution in [3.8, 4) is 22.9 Å². The van der Waals surface area contributed by atoms with Gasteiger partial charge in [0.2, 0.25) is 5.88 Å². The lowest BCUT2D eigenvalue weighted by atomic mass is 9.99. The number of carbonyl (C=O) groups is 1. The summed E-state index contributed by atoms with van der Waals surface area (Å²) in [6.07, 6.45) is -2.01. The van der Waals surface area contributed by atoms with Crippen LogP contribution in [0.1, 0.15) is 50.6 Å². The van der Waals surface area contributed by atoms with Crippen LogP contribution in [0.25, 0.3) is 22.3 Å². The zero-order valence-electron chi connectivity index (χ0n) is 27.7. The predicted octanol–water partition coefficient (Wildman–Crippen LogP) is 6.27. The average Bonchev–Trinajstić information content (AvgIpc) is 3.44. The van der Waals surface area contributed by atoms with Gasteiger partial charge in [-0.15, -0.1) is 0 Å². The highest BCUT2D eigenvalue weighted by Crippen LogP contribution is 2.33. The number of methoxy groups -OCH3 is 1. The fourth-order valence-electron chi connectivity index (χ4n) is 6.16. The highest BCUT2D eigenvalue weighted by Gasteiger charge is 2.33. The van der Waals surface area contributed by atoms with E-state index in [1.54, 1.807) is 19.2 Å². The summed E-state index contributed by atoms with van der Waals surface area (Å²) in [5, 5.41) is 9.91. The molecule has 0 aliphatic carbocycles. The molecule has 14 heteroatoms. The van der Waals surface area contributed by atoms with E-state index in [0.29, 0.717) is 71.5 Å². The summed E-state index contributed by atoms with van der Waals surface area (Å²) in [5.41, 5.74) is 4.39. The van der Waals surface area contributed by atoms with Gasteiger partial charge in [0.1, 0.15) is 36.0 Å². The number of hydrogen-bond acceptors (Lipinski definition) is 9. The average molecular weight is 705 g/mol. The maximum absolute atomic E-state index is 13.5. The molecule has 5 heterocycles. The zero-order chi connectivity index (χ0) is 35.5. The van der Waals surface area contributed by atoms with Gasteiger partial charge in [0.05, 0.1) is 49.2 Å². The van der Waals surface area contributed by atoms with E-state index in [9.17, 15) is 23.1 Å². The molecule has 4 bridgehead atoms. The number of halogens is 3. The molecule has 0 amide bonds. The number of nitrogens with zero attached hydrogens (tertiary/aromatic N) is 4. The largest absolute Gasteiger partial charge is 0.489 e. The summed E-state index contributed by atoms with van der Waals surface area (Å²) in [6.45, 7) is 1.98. The van der Waals surface area contributed by atoms with Crippen LogP contribution in [0.2, 0.25) is 0 Å². The van der Waals surface area contributed by atoms with Crippen LogP contribution in [0.15, 0.2) is 60.8 Å². The van der Waals surface area contributed by atoms with Gasteiger partial charge in [0, 0.05) is 43.5 Å². The lowest BCUT2D eigenvalue weighted by molar-refractivity contribution is -0.141. The molecule has 7 rings (SSSR count). The van der Waals surface area contributed by atoms with Crippen molar-refractivity contribution in [1.82, 2.24) is 19.5 Å². The van der Waals surface area contributed by atoms with Gasteiger partial charge >= 0.3 is 12.1 Å². The van der Waals surface area contributed by atoms with E-state index in [-0.39, 0.29) is 44.5 Å². The highest BCUT2D eigenvalue weighted by atomic mass is 19.4. The van der Waals surface area contributed by atoms with Gasteiger partial charge < -0.3 is 33.4 Å². The molecular formula is C37H35F3N4O7. The second-order valence-corrected chi connectivity index (χ2v) is 12.4. The molecule has 1 fully saturated rings. The van der Waals surface area contributed by atoms with E-state index in [1.807, 2.05) is 34.9 Å². The molecule has 51 heavy (non-hydrogen) atoms. The molecule has 2 aromatic carbocycles. The molecule has 0 saturated carbocycles. The van der Waals surface area contributed by atoms with E-state index in [4.69, 9.17) is 28.7 Å². The topological polar surface area (TPSA) is 127 Å². The lowest BCUT2D eigenvalue weighted by Gasteiger charge is -2.27. The highest BCUT2D eigenvalue weighted by molar-refractivity contribution is 5.95. The molecular weight excluding hydrogens is 669 g/mol. The van der Waals surface area contributed by atoms with Crippen molar-refractivity contribution in [3.63, 3.8) is 0 Å². The fraction of sp³-hybridized carbons (Fsp3) is 0.351. The van der Waals surface area contributed by atoms with E-state index >= 15 is 0 Å². The van der Waals surface area contributed by atoms with Crippen LogP contribution in [0, 0.1) is 0 Å². The standard InChI is InChI=1S/C37H35F3N4O7/c1-47-11-12-50-31-15-25(36(45)46)14-30-35(31)43-33(44(30)19-28-8-10-49-28)17-22-5-6-24-13-26(22)20-48-9-7-23-16-32(37(38,39)40)41-18-27(23)21-51-34-4-2-3-29(24)42-34/h2-6,13-16,18,28H,7-12,17,19-21H2,1H3,(H,45,46). The lowest BCUT2D eigenvalue weighted by Crippen LogP contribution is -2.31. The summed E-state index contributed by atoms with van der Waals surface area (Å²) >= 11 is 0. The van der Waals surface area contributed by atoms with Gasteiger partial charge in [-0.05, 0) is 59.9 Å². The van der Waals surface area contributed by atoms with Crippen LogP contribution in [-0.4, -0.2) is 70.2 Å². The minimum atomic E-state index is -4.59. The number of benzene rings is 2. The molecule has 1 unspecified atom stereocenters. The molecule has 1 N–H and O–H groups in total. The van der Waals surface area contributed by atoms with Crippen molar-refractivity contribution < 1.29 is 46.8 Å². The molecule has 1 atom stereocenters. The number of aromatic nitrogens is 4. The summed E-state index contributed by atoms with van der Waals surface area (Å²) in [4.78, 5) is 25.4. The maximum atomic E-state index is 13.5. The van der Waals surface area contributed by atoms with Crippen LogP contribution < -0.4 is 9.47 Å². The number of alkyl halides is 3. The molecule has 2 aliphatic heterocycles.